The summed E-state index contributed by atoms with van der Waals surface area (Å²) in [5, 5.41) is 7.88. The lowest BCUT2D eigenvalue weighted by molar-refractivity contribution is 0.0789. The molecule has 1 saturated heterocycles. The number of likely N-dealkylation sites (N-methyl/N-ethyl adjacent to an activating group) is 1. The Morgan fingerprint density at radius 2 is 2.24 bits per heavy atom. The van der Waals surface area contributed by atoms with Crippen molar-refractivity contribution in [1.29, 1.82) is 0 Å². The van der Waals surface area contributed by atoms with Gasteiger partial charge in [0.05, 0.1) is 13.2 Å². The average Bonchev–Trinajstić information content (AvgIpc) is 3.16. The Morgan fingerprint density at radius 1 is 1.40 bits per heavy atom. The first-order chi connectivity index (χ1) is 12.2. The molecule has 0 radical (unpaired) electrons. The number of nitrogens with one attached hydrogen (secondary N) is 1. The maximum absolute atomic E-state index is 12.6. The van der Waals surface area contributed by atoms with Gasteiger partial charge in [-0.2, -0.15) is 5.10 Å². The van der Waals surface area contributed by atoms with Gasteiger partial charge in [-0.05, 0) is 43.5 Å². The Hall–Kier alpha value is -2.34. The van der Waals surface area contributed by atoms with E-state index in [1.54, 1.807) is 12.0 Å². The summed E-state index contributed by atoms with van der Waals surface area (Å²) in [4.78, 5) is 14.3. The lowest BCUT2D eigenvalue weighted by Crippen LogP contribution is -2.32. The number of ether oxygens (including phenoxy) is 1. The van der Waals surface area contributed by atoms with Crippen molar-refractivity contribution in [2.75, 3.05) is 33.8 Å². The highest BCUT2D eigenvalue weighted by atomic mass is 16.5. The molecule has 134 valence electrons. The molecule has 6 heteroatoms. The van der Waals surface area contributed by atoms with Gasteiger partial charge >= 0.3 is 0 Å². The smallest absolute Gasteiger partial charge is 0.274 e. The van der Waals surface area contributed by atoms with Gasteiger partial charge in [0.25, 0.3) is 5.91 Å². The van der Waals surface area contributed by atoms with Crippen molar-refractivity contribution in [3.63, 3.8) is 0 Å². The van der Waals surface area contributed by atoms with Crippen LogP contribution in [-0.2, 0) is 6.42 Å². The molecule has 1 aromatic heterocycles. The van der Waals surface area contributed by atoms with Crippen LogP contribution in [0, 0.1) is 0 Å². The van der Waals surface area contributed by atoms with E-state index in [0.29, 0.717) is 18.3 Å². The van der Waals surface area contributed by atoms with Crippen molar-refractivity contribution >= 4 is 5.91 Å². The summed E-state index contributed by atoms with van der Waals surface area (Å²) in [7, 11) is 3.49. The van der Waals surface area contributed by atoms with Gasteiger partial charge in [0.2, 0.25) is 0 Å². The van der Waals surface area contributed by atoms with Crippen molar-refractivity contribution in [3.05, 3.63) is 47.8 Å². The zero-order chi connectivity index (χ0) is 17.6. The fourth-order valence-electron chi connectivity index (χ4n) is 3.21. The van der Waals surface area contributed by atoms with Crippen LogP contribution in [0.15, 0.2) is 36.5 Å². The number of carbonyl (C=O) groups excluding carboxylic acids is 1. The molecule has 3 rings (SSSR count). The van der Waals surface area contributed by atoms with Crippen LogP contribution in [0.25, 0.3) is 0 Å². The quantitative estimate of drug-likeness (QED) is 0.874. The second-order valence-electron chi connectivity index (χ2n) is 6.47. The van der Waals surface area contributed by atoms with Crippen LogP contribution in [0.1, 0.15) is 34.9 Å². The van der Waals surface area contributed by atoms with E-state index in [9.17, 15) is 4.79 Å². The summed E-state index contributed by atoms with van der Waals surface area (Å²) in [6.45, 7) is 2.60. The number of carbonyl (C=O) groups is 1. The number of hydrogen-bond donors (Lipinski definition) is 1. The van der Waals surface area contributed by atoms with E-state index in [2.05, 4.69) is 10.4 Å². The number of rotatable bonds is 6. The molecule has 1 unspecified atom stereocenters. The van der Waals surface area contributed by atoms with Crippen LogP contribution >= 0.6 is 0 Å². The van der Waals surface area contributed by atoms with E-state index < -0.39 is 0 Å². The van der Waals surface area contributed by atoms with Crippen LogP contribution in [0.4, 0.5) is 0 Å². The topological polar surface area (TPSA) is 59.4 Å². The molecule has 1 atom stereocenters. The molecule has 1 amide bonds. The Kier molecular flexibility index (Phi) is 5.71. The molecule has 1 aliphatic rings. The Bertz CT molecular complexity index is 707. The van der Waals surface area contributed by atoms with E-state index in [-0.39, 0.29) is 5.91 Å². The van der Waals surface area contributed by atoms with Gasteiger partial charge < -0.3 is 15.0 Å². The molecule has 0 spiro atoms. The summed E-state index contributed by atoms with van der Waals surface area (Å²) < 4.78 is 7.29. The van der Waals surface area contributed by atoms with Crippen LogP contribution < -0.4 is 10.1 Å². The van der Waals surface area contributed by atoms with E-state index >= 15 is 0 Å². The summed E-state index contributed by atoms with van der Waals surface area (Å²) in [5.74, 6) is 0.815. The van der Waals surface area contributed by atoms with Crippen LogP contribution in [0.5, 0.6) is 5.75 Å². The van der Waals surface area contributed by atoms with Crippen LogP contribution in [0.3, 0.4) is 0 Å². The fraction of sp³-hybridized carbons (Fsp3) is 0.474. The lowest BCUT2D eigenvalue weighted by Gasteiger charge is -2.23. The third kappa shape index (κ3) is 4.20. The van der Waals surface area contributed by atoms with Gasteiger partial charge in [0.1, 0.15) is 11.4 Å². The number of methoxy groups -OCH3 is 1. The largest absolute Gasteiger partial charge is 0.496 e. The first-order valence-electron chi connectivity index (χ1n) is 8.82. The summed E-state index contributed by atoms with van der Waals surface area (Å²) in [6.07, 6.45) is 4.91. The molecule has 25 heavy (non-hydrogen) atoms. The number of para-hydroxylation sites is 1. The summed E-state index contributed by atoms with van der Waals surface area (Å²) >= 11 is 0. The van der Waals surface area contributed by atoms with Gasteiger partial charge in [-0.15, -0.1) is 0 Å². The molecule has 6 nitrogen and oxygen atoms in total. The van der Waals surface area contributed by atoms with Crippen LogP contribution in [0.2, 0.25) is 0 Å². The zero-order valence-corrected chi connectivity index (χ0v) is 14.9. The lowest BCUT2D eigenvalue weighted by atomic mass is 10.1. The van der Waals surface area contributed by atoms with E-state index in [4.69, 9.17) is 4.74 Å². The normalized spacial score (nSPS) is 17.3. The second-order valence-corrected chi connectivity index (χ2v) is 6.47. The van der Waals surface area contributed by atoms with Crippen LogP contribution in [-0.4, -0.2) is 54.4 Å². The number of aromatic nitrogens is 2. The SMILES string of the molecule is COc1ccccc1CCN(C)C(=O)c1ccn(C2CCCNC2)n1. The second kappa shape index (κ2) is 8.16. The van der Waals surface area contributed by atoms with Gasteiger partial charge in [-0.1, -0.05) is 18.2 Å². The third-order valence-corrected chi connectivity index (χ3v) is 4.73. The Balaban J connectivity index is 1.59. The van der Waals surface area contributed by atoms with Crippen molar-refractivity contribution in [2.45, 2.75) is 25.3 Å². The number of amides is 1. The minimum absolute atomic E-state index is 0.0441. The Labute approximate surface area is 148 Å². The summed E-state index contributed by atoms with van der Waals surface area (Å²) in [5.41, 5.74) is 1.61. The van der Waals surface area contributed by atoms with Gasteiger partial charge in [0.15, 0.2) is 0 Å². The number of hydrogen-bond acceptors (Lipinski definition) is 4. The molecule has 2 heterocycles. The standard InChI is InChI=1S/C19H26N4O2/c1-22(12-9-15-6-3-4-8-18(15)25-2)19(24)17-10-13-23(21-17)16-7-5-11-20-14-16/h3-4,6,8,10,13,16,20H,5,7,9,11-12,14H2,1-2H3. The average molecular weight is 342 g/mol. The van der Waals surface area contributed by atoms with Crippen molar-refractivity contribution in [3.8, 4) is 5.75 Å². The number of piperidine rings is 1. The number of nitrogens with zero attached hydrogens (tertiary/aromatic N) is 3. The molecule has 2 aromatic rings. The van der Waals surface area contributed by atoms with Gasteiger partial charge in [0, 0.05) is 26.3 Å². The highest BCUT2D eigenvalue weighted by molar-refractivity contribution is 5.92. The highest BCUT2D eigenvalue weighted by Crippen LogP contribution is 2.19. The molecule has 0 saturated carbocycles. The summed E-state index contributed by atoms with van der Waals surface area (Å²) in [6, 6.07) is 10.1. The fourth-order valence-corrected chi connectivity index (χ4v) is 3.21. The molecule has 1 aliphatic heterocycles. The minimum atomic E-state index is -0.0441. The zero-order valence-electron chi connectivity index (χ0n) is 14.9. The molecule has 0 aliphatic carbocycles. The number of benzene rings is 1. The monoisotopic (exact) mass is 342 g/mol. The molecule has 1 aromatic carbocycles. The molecule has 1 fully saturated rings. The van der Waals surface area contributed by atoms with Gasteiger partial charge in [-0.3, -0.25) is 9.48 Å². The molecule has 1 N–H and O–H groups in total. The first kappa shape index (κ1) is 17.5. The van der Waals surface area contributed by atoms with E-state index in [1.165, 1.54) is 0 Å². The van der Waals surface area contributed by atoms with Gasteiger partial charge in [-0.25, -0.2) is 0 Å². The van der Waals surface area contributed by atoms with Crippen molar-refractivity contribution < 1.29 is 9.53 Å². The maximum Gasteiger partial charge on any atom is 0.274 e. The predicted molar refractivity (Wildman–Crippen MR) is 97.0 cm³/mol. The Morgan fingerprint density at radius 3 is 3.00 bits per heavy atom. The van der Waals surface area contributed by atoms with Crippen molar-refractivity contribution in [2.24, 2.45) is 0 Å². The van der Waals surface area contributed by atoms with E-state index in [0.717, 1.165) is 43.7 Å². The highest BCUT2D eigenvalue weighted by Gasteiger charge is 2.19. The van der Waals surface area contributed by atoms with Crippen molar-refractivity contribution in [1.82, 2.24) is 20.0 Å². The molecular formula is C19H26N4O2. The van der Waals surface area contributed by atoms with E-state index in [1.807, 2.05) is 48.3 Å². The molecule has 0 bridgehead atoms. The first-order valence-corrected chi connectivity index (χ1v) is 8.82. The molecular weight excluding hydrogens is 316 g/mol. The predicted octanol–water partition coefficient (Wildman–Crippen LogP) is 2.13. The maximum atomic E-state index is 12.6. The minimum Gasteiger partial charge on any atom is -0.496 e. The third-order valence-electron chi connectivity index (χ3n) is 4.73.